The van der Waals surface area contributed by atoms with Gasteiger partial charge in [0.15, 0.2) is 11.6 Å². The standard InChI is InChI=1S/C33H39ClF3N7O2/c34-26-21-6-1-2-7-25(45)39-10-8-19-5-3-11-43(16-19)31-23-15-40-29(22(21)13-24(38)27(26)36)28(37)30(23)41-32(42-31)46-18-33-9-4-12-44(33)17-20(35)14-33/h13,15,19-20H,1-12,14,16-18,38H2,(H,39,45). The van der Waals surface area contributed by atoms with Crippen molar-refractivity contribution in [1.82, 2.24) is 25.2 Å². The number of rotatable bonds is 3. The summed E-state index contributed by atoms with van der Waals surface area (Å²) in [6, 6.07) is 1.37. The minimum Gasteiger partial charge on any atom is -0.461 e. The molecule has 1 aromatic carbocycles. The predicted octanol–water partition coefficient (Wildman–Crippen LogP) is 5.61. The summed E-state index contributed by atoms with van der Waals surface area (Å²) < 4.78 is 52.4. The number of amides is 1. The third-order valence-electron chi connectivity index (χ3n) is 10.2. The molecule has 0 saturated carbocycles. The Kier molecular flexibility index (Phi) is 8.60. The van der Waals surface area contributed by atoms with Crippen LogP contribution in [0, 0.1) is 17.6 Å². The Labute approximate surface area is 271 Å². The molecule has 5 aliphatic heterocycles. The Morgan fingerprint density at radius 1 is 1.09 bits per heavy atom. The molecule has 5 aliphatic rings. The fourth-order valence-corrected chi connectivity index (χ4v) is 8.19. The zero-order valence-corrected chi connectivity index (χ0v) is 26.5. The molecule has 3 fully saturated rings. The molecule has 3 N–H and O–H groups in total. The van der Waals surface area contributed by atoms with Crippen molar-refractivity contribution < 1.29 is 22.7 Å². The number of nitrogen functional groups attached to an aromatic ring is 1. The van der Waals surface area contributed by atoms with Crippen LogP contribution in [-0.2, 0) is 11.2 Å². The molecule has 6 bridgehead atoms. The van der Waals surface area contributed by atoms with E-state index in [0.29, 0.717) is 81.0 Å². The molecular formula is C33H39ClF3N7O2. The van der Waals surface area contributed by atoms with Gasteiger partial charge in [-0.1, -0.05) is 11.6 Å². The summed E-state index contributed by atoms with van der Waals surface area (Å²) in [6.45, 7) is 3.34. The number of piperidine rings is 1. The van der Waals surface area contributed by atoms with Gasteiger partial charge in [-0.2, -0.15) is 9.97 Å². The lowest BCUT2D eigenvalue weighted by molar-refractivity contribution is -0.121. The number of aromatic nitrogens is 3. The SMILES string of the molecule is Nc1cc2c(c(Cl)c1F)CCCCC(=O)NCCC1CCCN(C1)c1nc(OCC34CCCN3CC(F)C4)nc3c(F)c-2ncc13. The second kappa shape index (κ2) is 12.7. The molecule has 3 atom stereocenters. The van der Waals surface area contributed by atoms with Crippen LogP contribution in [0.15, 0.2) is 12.3 Å². The number of nitrogens with zero attached hydrogens (tertiary/aromatic N) is 5. The highest BCUT2D eigenvalue weighted by Gasteiger charge is 2.49. The van der Waals surface area contributed by atoms with E-state index in [4.69, 9.17) is 27.1 Å². The molecule has 2 aromatic heterocycles. The maximum absolute atomic E-state index is 16.8. The second-order valence-corrected chi connectivity index (χ2v) is 13.7. The summed E-state index contributed by atoms with van der Waals surface area (Å²) in [4.78, 5) is 30.7. The van der Waals surface area contributed by atoms with E-state index in [1.165, 1.54) is 6.07 Å². The maximum atomic E-state index is 16.8. The van der Waals surface area contributed by atoms with E-state index < -0.39 is 23.3 Å². The van der Waals surface area contributed by atoms with Crippen LogP contribution in [0.25, 0.3) is 22.2 Å². The number of carbonyl (C=O) groups is 1. The molecule has 46 heavy (non-hydrogen) atoms. The van der Waals surface area contributed by atoms with Crippen molar-refractivity contribution in [1.29, 1.82) is 0 Å². The van der Waals surface area contributed by atoms with Gasteiger partial charge in [0.1, 0.15) is 29.8 Å². The van der Waals surface area contributed by atoms with E-state index in [-0.39, 0.29) is 46.0 Å². The van der Waals surface area contributed by atoms with Gasteiger partial charge in [-0.3, -0.25) is 14.7 Å². The molecule has 0 radical (unpaired) electrons. The first-order valence-electron chi connectivity index (χ1n) is 16.4. The smallest absolute Gasteiger partial charge is 0.319 e. The highest BCUT2D eigenvalue weighted by molar-refractivity contribution is 6.32. The number of alkyl halides is 1. The molecule has 9 nitrogen and oxygen atoms in total. The van der Waals surface area contributed by atoms with Gasteiger partial charge < -0.3 is 20.7 Å². The number of nitrogens with two attached hydrogens (primary N) is 1. The fraction of sp³-hybridized carbons (Fsp3) is 0.576. The lowest BCUT2D eigenvalue weighted by Crippen LogP contribution is -2.43. The van der Waals surface area contributed by atoms with Crippen molar-refractivity contribution in [2.24, 2.45) is 5.92 Å². The number of pyridine rings is 1. The molecule has 8 rings (SSSR count). The Morgan fingerprint density at radius 2 is 1.93 bits per heavy atom. The summed E-state index contributed by atoms with van der Waals surface area (Å²) in [5.74, 6) is -0.706. The number of carbonyl (C=O) groups excluding carboxylic acids is 1. The largest absolute Gasteiger partial charge is 0.461 e. The van der Waals surface area contributed by atoms with Crippen LogP contribution < -0.4 is 20.7 Å². The van der Waals surface area contributed by atoms with Gasteiger partial charge >= 0.3 is 6.01 Å². The molecular weight excluding hydrogens is 619 g/mol. The van der Waals surface area contributed by atoms with Gasteiger partial charge in [-0.25, -0.2) is 13.2 Å². The number of anilines is 2. The van der Waals surface area contributed by atoms with Crippen molar-refractivity contribution >= 4 is 39.9 Å². The van der Waals surface area contributed by atoms with Crippen LogP contribution in [0.2, 0.25) is 5.02 Å². The Bertz CT molecular complexity index is 1660. The normalized spacial score (nSPS) is 25.7. The highest BCUT2D eigenvalue weighted by atomic mass is 35.5. The minimum absolute atomic E-state index is 0.0164. The molecule has 0 aliphatic carbocycles. The highest BCUT2D eigenvalue weighted by Crippen LogP contribution is 2.42. The lowest BCUT2D eigenvalue weighted by atomic mass is 9.94. The van der Waals surface area contributed by atoms with Gasteiger partial charge in [-0.15, -0.1) is 0 Å². The first kappa shape index (κ1) is 31.2. The maximum Gasteiger partial charge on any atom is 0.319 e. The quantitative estimate of drug-likeness (QED) is 0.350. The minimum atomic E-state index is -0.914. The molecule has 246 valence electrons. The van der Waals surface area contributed by atoms with Gasteiger partial charge in [0, 0.05) is 50.8 Å². The van der Waals surface area contributed by atoms with Crippen molar-refractivity contribution in [3.63, 3.8) is 0 Å². The van der Waals surface area contributed by atoms with Crippen LogP contribution in [0.3, 0.4) is 0 Å². The van der Waals surface area contributed by atoms with Crippen LogP contribution in [0.1, 0.15) is 63.4 Å². The zero-order valence-electron chi connectivity index (χ0n) is 25.8. The number of ether oxygens (including phenoxy) is 1. The summed E-state index contributed by atoms with van der Waals surface area (Å²) in [6.07, 6.45) is 7.22. The predicted molar refractivity (Wildman–Crippen MR) is 171 cm³/mol. The third kappa shape index (κ3) is 5.83. The van der Waals surface area contributed by atoms with Gasteiger partial charge in [0.05, 0.1) is 21.6 Å². The average Bonchev–Trinajstić information content (AvgIpc) is 3.57. The topological polar surface area (TPSA) is 110 Å². The molecule has 7 heterocycles. The number of nitrogens with one attached hydrogen (secondary N) is 1. The second-order valence-electron chi connectivity index (χ2n) is 13.3. The van der Waals surface area contributed by atoms with Crippen molar-refractivity contribution in [3.05, 3.63) is 34.5 Å². The van der Waals surface area contributed by atoms with Gasteiger partial charge in [0.25, 0.3) is 0 Å². The number of hydrogen-bond donors (Lipinski definition) is 2. The number of halogens is 4. The van der Waals surface area contributed by atoms with Crippen LogP contribution in [0.5, 0.6) is 6.01 Å². The van der Waals surface area contributed by atoms with E-state index in [2.05, 4.69) is 25.1 Å². The summed E-state index contributed by atoms with van der Waals surface area (Å²) in [5.41, 5.74) is 5.94. The van der Waals surface area contributed by atoms with Crippen LogP contribution in [-0.4, -0.2) is 76.8 Å². The molecule has 3 unspecified atom stereocenters. The van der Waals surface area contributed by atoms with Gasteiger partial charge in [0.2, 0.25) is 5.91 Å². The Balaban J connectivity index is 1.34. The summed E-state index contributed by atoms with van der Waals surface area (Å²) in [7, 11) is 0. The average molecular weight is 658 g/mol. The van der Waals surface area contributed by atoms with Crippen molar-refractivity contribution in [2.75, 3.05) is 50.0 Å². The Morgan fingerprint density at radius 3 is 2.80 bits per heavy atom. The lowest BCUT2D eigenvalue weighted by Gasteiger charge is -2.34. The third-order valence-corrected chi connectivity index (χ3v) is 10.6. The van der Waals surface area contributed by atoms with Gasteiger partial charge in [-0.05, 0) is 75.5 Å². The van der Waals surface area contributed by atoms with Crippen molar-refractivity contribution in [3.8, 4) is 17.3 Å². The molecule has 3 saturated heterocycles. The van der Waals surface area contributed by atoms with E-state index in [9.17, 15) is 13.6 Å². The Hall–Kier alpha value is -3.38. The van der Waals surface area contributed by atoms with E-state index in [1.807, 2.05) is 0 Å². The molecule has 13 heteroatoms. The van der Waals surface area contributed by atoms with Crippen molar-refractivity contribution in [2.45, 2.75) is 75.9 Å². The number of benzene rings is 1. The van der Waals surface area contributed by atoms with E-state index in [0.717, 1.165) is 38.6 Å². The zero-order chi connectivity index (χ0) is 32.0. The molecule has 3 aromatic rings. The first-order valence-corrected chi connectivity index (χ1v) is 16.8. The summed E-state index contributed by atoms with van der Waals surface area (Å²) in [5, 5.41) is 3.27. The first-order chi connectivity index (χ1) is 22.2. The number of fused-ring (bicyclic) bond motifs is 9. The van der Waals surface area contributed by atoms with E-state index in [1.54, 1.807) is 6.20 Å². The molecule has 0 spiro atoms. The number of hydrogen-bond acceptors (Lipinski definition) is 8. The van der Waals surface area contributed by atoms with Crippen LogP contribution >= 0.6 is 11.6 Å². The monoisotopic (exact) mass is 657 g/mol. The summed E-state index contributed by atoms with van der Waals surface area (Å²) >= 11 is 6.46. The fourth-order valence-electron chi connectivity index (χ4n) is 7.89. The molecule has 1 amide bonds. The van der Waals surface area contributed by atoms with Crippen LogP contribution in [0.4, 0.5) is 24.7 Å². The van der Waals surface area contributed by atoms with E-state index >= 15 is 4.39 Å².